The summed E-state index contributed by atoms with van der Waals surface area (Å²) in [7, 11) is 0. The average Bonchev–Trinajstić information content (AvgIpc) is 3.03. The maximum atomic E-state index is 13.8. The molecule has 1 aliphatic heterocycles. The molecule has 4 nitrogen and oxygen atoms in total. The van der Waals surface area contributed by atoms with Crippen LogP contribution in [0.1, 0.15) is 29.8 Å². The van der Waals surface area contributed by atoms with Crippen molar-refractivity contribution in [2.75, 3.05) is 11.4 Å². The van der Waals surface area contributed by atoms with Gasteiger partial charge in [-0.15, -0.1) is 0 Å². The predicted molar refractivity (Wildman–Crippen MR) is 95.0 cm³/mol. The van der Waals surface area contributed by atoms with E-state index in [0.717, 1.165) is 17.7 Å². The lowest BCUT2D eigenvalue weighted by Crippen LogP contribution is -2.51. The highest BCUT2D eigenvalue weighted by Gasteiger charge is 2.33. The summed E-state index contributed by atoms with van der Waals surface area (Å²) in [6.45, 7) is 4.33. The third-order valence-electron chi connectivity index (χ3n) is 4.49. The van der Waals surface area contributed by atoms with Crippen molar-refractivity contribution < 1.29 is 14.0 Å². The van der Waals surface area contributed by atoms with Gasteiger partial charge in [-0.05, 0) is 36.1 Å². The Morgan fingerprint density at radius 2 is 1.76 bits per heavy atom. The van der Waals surface area contributed by atoms with E-state index in [-0.39, 0.29) is 17.4 Å². The zero-order chi connectivity index (χ0) is 18.0. The standard InChI is InChI=1S/C20H21FN2O2/c1-13(2)18(22-19(24)15-8-4-5-9-16(15)21)20(25)23-12-11-14-7-3-6-10-17(14)23/h3-10,13,18H,11-12H2,1-2H3,(H,22,24)/t18-/m0/s1. The third-order valence-corrected chi connectivity index (χ3v) is 4.49. The lowest BCUT2D eigenvalue weighted by Gasteiger charge is -2.27. The second-order valence-electron chi connectivity index (χ2n) is 6.54. The molecular weight excluding hydrogens is 319 g/mol. The molecule has 1 atom stereocenters. The van der Waals surface area contributed by atoms with Gasteiger partial charge in [0.25, 0.3) is 5.91 Å². The van der Waals surface area contributed by atoms with Crippen molar-refractivity contribution in [3.8, 4) is 0 Å². The highest BCUT2D eigenvalue weighted by molar-refractivity contribution is 6.03. The molecule has 0 saturated carbocycles. The fraction of sp³-hybridized carbons (Fsp3) is 0.300. The van der Waals surface area contributed by atoms with Gasteiger partial charge in [0.15, 0.2) is 0 Å². The SMILES string of the molecule is CC(C)[C@H](NC(=O)c1ccccc1F)C(=O)N1CCc2ccccc21. The minimum absolute atomic E-state index is 0.0530. The van der Waals surface area contributed by atoms with Crippen LogP contribution in [0.2, 0.25) is 0 Å². The Morgan fingerprint density at radius 3 is 2.48 bits per heavy atom. The molecule has 0 radical (unpaired) electrons. The van der Waals surface area contributed by atoms with Crippen LogP contribution in [0.4, 0.5) is 10.1 Å². The summed E-state index contributed by atoms with van der Waals surface area (Å²) in [5.74, 6) is -1.44. The Morgan fingerprint density at radius 1 is 1.08 bits per heavy atom. The smallest absolute Gasteiger partial charge is 0.254 e. The first-order valence-corrected chi connectivity index (χ1v) is 8.43. The summed E-state index contributed by atoms with van der Waals surface area (Å²) >= 11 is 0. The lowest BCUT2D eigenvalue weighted by molar-refractivity contribution is -0.121. The minimum atomic E-state index is -0.710. The van der Waals surface area contributed by atoms with Crippen LogP contribution in [0, 0.1) is 11.7 Å². The van der Waals surface area contributed by atoms with Crippen LogP contribution in [0.25, 0.3) is 0 Å². The number of amides is 2. The van der Waals surface area contributed by atoms with E-state index >= 15 is 0 Å². The van der Waals surface area contributed by atoms with Gasteiger partial charge in [-0.2, -0.15) is 0 Å². The molecule has 1 N–H and O–H groups in total. The quantitative estimate of drug-likeness (QED) is 0.929. The summed E-state index contributed by atoms with van der Waals surface area (Å²) in [6, 6.07) is 12.8. The number of halogens is 1. The number of benzene rings is 2. The van der Waals surface area contributed by atoms with Gasteiger partial charge in [0, 0.05) is 12.2 Å². The van der Waals surface area contributed by atoms with Crippen molar-refractivity contribution in [3.05, 3.63) is 65.5 Å². The van der Waals surface area contributed by atoms with Crippen molar-refractivity contribution in [1.82, 2.24) is 5.32 Å². The maximum Gasteiger partial charge on any atom is 0.254 e. The van der Waals surface area contributed by atoms with Crippen molar-refractivity contribution in [3.63, 3.8) is 0 Å². The second-order valence-corrected chi connectivity index (χ2v) is 6.54. The minimum Gasteiger partial charge on any atom is -0.340 e. The molecule has 0 aromatic heterocycles. The van der Waals surface area contributed by atoms with E-state index in [2.05, 4.69) is 5.32 Å². The Bertz CT molecular complexity index is 804. The fourth-order valence-electron chi connectivity index (χ4n) is 3.11. The molecular formula is C20H21FN2O2. The van der Waals surface area contributed by atoms with E-state index in [1.807, 2.05) is 38.1 Å². The molecule has 2 amide bonds. The molecule has 1 aliphatic rings. The molecule has 2 aromatic rings. The maximum absolute atomic E-state index is 13.8. The van der Waals surface area contributed by atoms with Crippen molar-refractivity contribution in [2.45, 2.75) is 26.3 Å². The first-order chi connectivity index (χ1) is 12.0. The number of hydrogen-bond acceptors (Lipinski definition) is 2. The summed E-state index contributed by atoms with van der Waals surface area (Å²) in [5.41, 5.74) is 1.96. The predicted octanol–water partition coefficient (Wildman–Crippen LogP) is 3.17. The number of rotatable bonds is 4. The normalized spacial score (nSPS) is 14.3. The molecule has 3 rings (SSSR count). The number of nitrogens with zero attached hydrogens (tertiary/aromatic N) is 1. The molecule has 0 saturated heterocycles. The summed E-state index contributed by atoms with van der Waals surface area (Å²) in [5, 5.41) is 2.71. The number of fused-ring (bicyclic) bond motifs is 1. The molecule has 5 heteroatoms. The topological polar surface area (TPSA) is 49.4 Å². The lowest BCUT2D eigenvalue weighted by atomic mass is 10.0. The number of hydrogen-bond donors (Lipinski definition) is 1. The Balaban J connectivity index is 1.81. The van der Waals surface area contributed by atoms with Crippen LogP contribution in [0.5, 0.6) is 0 Å². The van der Waals surface area contributed by atoms with Gasteiger partial charge < -0.3 is 10.2 Å². The van der Waals surface area contributed by atoms with Crippen LogP contribution < -0.4 is 10.2 Å². The first-order valence-electron chi connectivity index (χ1n) is 8.43. The highest BCUT2D eigenvalue weighted by Crippen LogP contribution is 2.28. The van der Waals surface area contributed by atoms with Crippen LogP contribution in [0.15, 0.2) is 48.5 Å². The van der Waals surface area contributed by atoms with Crippen LogP contribution in [0.3, 0.4) is 0 Å². The van der Waals surface area contributed by atoms with Crippen LogP contribution in [-0.4, -0.2) is 24.4 Å². The molecule has 25 heavy (non-hydrogen) atoms. The Kier molecular flexibility index (Phi) is 4.83. The molecule has 0 spiro atoms. The summed E-state index contributed by atoms with van der Waals surface area (Å²) < 4.78 is 13.8. The van der Waals surface area contributed by atoms with Gasteiger partial charge in [-0.3, -0.25) is 9.59 Å². The van der Waals surface area contributed by atoms with Gasteiger partial charge in [0.1, 0.15) is 11.9 Å². The van der Waals surface area contributed by atoms with Crippen molar-refractivity contribution in [1.29, 1.82) is 0 Å². The van der Waals surface area contributed by atoms with Gasteiger partial charge in [0.2, 0.25) is 5.91 Å². The molecule has 0 fully saturated rings. The molecule has 2 aromatic carbocycles. The Labute approximate surface area is 146 Å². The number of para-hydroxylation sites is 1. The Hall–Kier alpha value is -2.69. The van der Waals surface area contributed by atoms with Gasteiger partial charge >= 0.3 is 0 Å². The van der Waals surface area contributed by atoms with E-state index < -0.39 is 17.8 Å². The van der Waals surface area contributed by atoms with E-state index in [0.29, 0.717) is 6.54 Å². The summed E-state index contributed by atoms with van der Waals surface area (Å²) in [6.07, 6.45) is 0.800. The number of anilines is 1. The zero-order valence-corrected chi connectivity index (χ0v) is 14.3. The fourth-order valence-corrected chi connectivity index (χ4v) is 3.11. The number of carbonyl (C=O) groups is 2. The molecule has 130 valence electrons. The molecule has 1 heterocycles. The second kappa shape index (κ2) is 7.05. The average molecular weight is 340 g/mol. The summed E-state index contributed by atoms with van der Waals surface area (Å²) in [4.78, 5) is 27.2. The van der Waals surface area contributed by atoms with E-state index in [9.17, 15) is 14.0 Å². The van der Waals surface area contributed by atoms with Gasteiger partial charge in [0.05, 0.1) is 5.56 Å². The largest absolute Gasteiger partial charge is 0.340 e. The van der Waals surface area contributed by atoms with E-state index in [4.69, 9.17) is 0 Å². The highest BCUT2D eigenvalue weighted by atomic mass is 19.1. The van der Waals surface area contributed by atoms with Crippen molar-refractivity contribution in [2.24, 2.45) is 5.92 Å². The van der Waals surface area contributed by atoms with Crippen LogP contribution in [-0.2, 0) is 11.2 Å². The van der Waals surface area contributed by atoms with Crippen molar-refractivity contribution >= 4 is 17.5 Å². The molecule has 0 unspecified atom stereocenters. The molecule has 0 aliphatic carbocycles. The van der Waals surface area contributed by atoms with Crippen LogP contribution >= 0.6 is 0 Å². The van der Waals surface area contributed by atoms with Gasteiger partial charge in [-0.25, -0.2) is 4.39 Å². The van der Waals surface area contributed by atoms with E-state index in [1.165, 1.54) is 18.2 Å². The monoisotopic (exact) mass is 340 g/mol. The zero-order valence-electron chi connectivity index (χ0n) is 14.3. The number of nitrogens with one attached hydrogen (secondary N) is 1. The third kappa shape index (κ3) is 3.40. The first kappa shape index (κ1) is 17.1. The number of carbonyl (C=O) groups excluding carboxylic acids is 2. The van der Waals surface area contributed by atoms with E-state index in [1.54, 1.807) is 11.0 Å². The van der Waals surface area contributed by atoms with Gasteiger partial charge in [-0.1, -0.05) is 44.2 Å². The molecule has 0 bridgehead atoms.